The standard InChI is InChI=1S/C16H14ClN5O/c1-22-9-8-20-15(22)14(11-4-2-3-5-12(11)17)21-16(23)13-10-18-6-7-19-13/h2-10,14H,1H3,(H,21,23). The highest BCUT2D eigenvalue weighted by molar-refractivity contribution is 6.31. The van der Waals surface area contributed by atoms with Crippen molar-refractivity contribution in [2.24, 2.45) is 7.05 Å². The molecule has 6 nitrogen and oxygen atoms in total. The van der Waals surface area contributed by atoms with E-state index in [1.807, 2.05) is 36.0 Å². The molecule has 2 aromatic heterocycles. The summed E-state index contributed by atoms with van der Waals surface area (Å²) in [4.78, 5) is 24.7. The van der Waals surface area contributed by atoms with Crippen molar-refractivity contribution in [3.8, 4) is 0 Å². The van der Waals surface area contributed by atoms with Gasteiger partial charge in [-0.15, -0.1) is 0 Å². The largest absolute Gasteiger partial charge is 0.337 e. The first-order valence-corrected chi connectivity index (χ1v) is 7.33. The molecule has 1 amide bonds. The summed E-state index contributed by atoms with van der Waals surface area (Å²) in [5.74, 6) is 0.335. The molecule has 3 aromatic rings. The van der Waals surface area contributed by atoms with Crippen LogP contribution in [0.4, 0.5) is 0 Å². The maximum absolute atomic E-state index is 12.5. The summed E-state index contributed by atoms with van der Waals surface area (Å²) in [5.41, 5.74) is 1.000. The van der Waals surface area contributed by atoms with E-state index < -0.39 is 6.04 Å². The molecular formula is C16H14ClN5O. The number of amides is 1. The van der Waals surface area contributed by atoms with E-state index in [2.05, 4.69) is 20.3 Å². The summed E-state index contributed by atoms with van der Waals surface area (Å²) in [6, 6.07) is 6.86. The second kappa shape index (κ2) is 6.58. The van der Waals surface area contributed by atoms with Crippen molar-refractivity contribution in [1.29, 1.82) is 0 Å². The average Bonchev–Trinajstić information content (AvgIpc) is 3.00. The lowest BCUT2D eigenvalue weighted by atomic mass is 10.1. The lowest BCUT2D eigenvalue weighted by Gasteiger charge is -2.20. The Hall–Kier alpha value is -2.73. The number of carbonyl (C=O) groups excluding carboxylic acids is 1. The number of rotatable bonds is 4. The molecule has 1 atom stereocenters. The Morgan fingerprint density at radius 3 is 2.70 bits per heavy atom. The molecule has 0 saturated heterocycles. The lowest BCUT2D eigenvalue weighted by molar-refractivity contribution is 0.0935. The van der Waals surface area contributed by atoms with Crippen LogP contribution in [0.5, 0.6) is 0 Å². The zero-order chi connectivity index (χ0) is 16.2. The van der Waals surface area contributed by atoms with Gasteiger partial charge in [-0.3, -0.25) is 9.78 Å². The fourth-order valence-electron chi connectivity index (χ4n) is 2.27. The number of imidazole rings is 1. The van der Waals surface area contributed by atoms with Crippen LogP contribution in [0.2, 0.25) is 5.02 Å². The van der Waals surface area contributed by atoms with Crippen LogP contribution in [0, 0.1) is 0 Å². The van der Waals surface area contributed by atoms with E-state index in [-0.39, 0.29) is 11.6 Å². The SMILES string of the molecule is Cn1ccnc1C(NC(=O)c1cnccn1)c1ccccc1Cl. The van der Waals surface area contributed by atoms with Gasteiger partial charge in [0, 0.05) is 42.4 Å². The molecule has 2 heterocycles. The third kappa shape index (κ3) is 3.22. The van der Waals surface area contributed by atoms with Crippen molar-refractivity contribution in [3.05, 3.63) is 77.4 Å². The first kappa shape index (κ1) is 15.2. The predicted octanol–water partition coefficient (Wildman–Crippen LogP) is 2.38. The lowest BCUT2D eigenvalue weighted by Crippen LogP contribution is -2.31. The Balaban J connectivity index is 1.98. The first-order valence-electron chi connectivity index (χ1n) is 6.95. The topological polar surface area (TPSA) is 72.7 Å². The monoisotopic (exact) mass is 327 g/mol. The number of carbonyl (C=O) groups is 1. The highest BCUT2D eigenvalue weighted by Crippen LogP contribution is 2.27. The Labute approximate surface area is 138 Å². The molecule has 0 saturated carbocycles. The molecule has 0 fully saturated rings. The van der Waals surface area contributed by atoms with Gasteiger partial charge in [0.2, 0.25) is 0 Å². The molecule has 0 radical (unpaired) electrons. The van der Waals surface area contributed by atoms with Gasteiger partial charge in [-0.1, -0.05) is 29.8 Å². The second-order valence-electron chi connectivity index (χ2n) is 4.91. The fraction of sp³-hybridized carbons (Fsp3) is 0.125. The maximum atomic E-state index is 12.5. The normalized spacial score (nSPS) is 11.9. The van der Waals surface area contributed by atoms with Crippen molar-refractivity contribution >= 4 is 17.5 Å². The van der Waals surface area contributed by atoms with Crippen LogP contribution >= 0.6 is 11.6 Å². The number of benzene rings is 1. The van der Waals surface area contributed by atoms with E-state index in [0.717, 1.165) is 5.56 Å². The second-order valence-corrected chi connectivity index (χ2v) is 5.32. The Morgan fingerprint density at radius 1 is 1.22 bits per heavy atom. The van der Waals surface area contributed by atoms with E-state index in [0.29, 0.717) is 10.8 Å². The van der Waals surface area contributed by atoms with Crippen molar-refractivity contribution in [2.45, 2.75) is 6.04 Å². The minimum atomic E-state index is -0.488. The van der Waals surface area contributed by atoms with Crippen LogP contribution < -0.4 is 5.32 Å². The van der Waals surface area contributed by atoms with Gasteiger partial charge >= 0.3 is 0 Å². The minimum absolute atomic E-state index is 0.235. The van der Waals surface area contributed by atoms with E-state index in [1.165, 1.54) is 18.6 Å². The number of nitrogens with one attached hydrogen (secondary N) is 1. The Bertz CT molecular complexity index is 818. The fourth-order valence-corrected chi connectivity index (χ4v) is 2.51. The van der Waals surface area contributed by atoms with Crippen LogP contribution in [-0.4, -0.2) is 25.4 Å². The van der Waals surface area contributed by atoms with Crippen LogP contribution in [0.3, 0.4) is 0 Å². The zero-order valence-electron chi connectivity index (χ0n) is 12.3. The van der Waals surface area contributed by atoms with Crippen LogP contribution in [0.15, 0.2) is 55.2 Å². The molecule has 7 heteroatoms. The van der Waals surface area contributed by atoms with E-state index in [4.69, 9.17) is 11.6 Å². The third-order valence-electron chi connectivity index (χ3n) is 3.40. The number of aryl methyl sites for hydroxylation is 1. The van der Waals surface area contributed by atoms with Gasteiger partial charge in [0.15, 0.2) is 0 Å². The van der Waals surface area contributed by atoms with Crippen molar-refractivity contribution in [2.75, 3.05) is 0 Å². The maximum Gasteiger partial charge on any atom is 0.272 e. The van der Waals surface area contributed by atoms with Crippen LogP contribution in [0.1, 0.15) is 27.9 Å². The van der Waals surface area contributed by atoms with Gasteiger partial charge < -0.3 is 9.88 Å². The van der Waals surface area contributed by atoms with Gasteiger partial charge in [0.25, 0.3) is 5.91 Å². The molecule has 0 aliphatic rings. The van der Waals surface area contributed by atoms with Gasteiger partial charge in [0.1, 0.15) is 17.6 Å². The van der Waals surface area contributed by atoms with Gasteiger partial charge in [-0.25, -0.2) is 9.97 Å². The molecule has 23 heavy (non-hydrogen) atoms. The minimum Gasteiger partial charge on any atom is -0.337 e. The molecular weight excluding hydrogens is 314 g/mol. The molecule has 0 aliphatic heterocycles. The van der Waals surface area contributed by atoms with Crippen molar-refractivity contribution < 1.29 is 4.79 Å². The van der Waals surface area contributed by atoms with Gasteiger partial charge in [0.05, 0.1) is 6.20 Å². The molecule has 3 rings (SSSR count). The Kier molecular flexibility index (Phi) is 4.34. The molecule has 1 unspecified atom stereocenters. The summed E-state index contributed by atoms with van der Waals surface area (Å²) in [6.07, 6.45) is 7.89. The quantitative estimate of drug-likeness (QED) is 0.798. The molecule has 0 bridgehead atoms. The average molecular weight is 328 g/mol. The summed E-state index contributed by atoms with van der Waals surface area (Å²) in [5, 5.41) is 3.48. The summed E-state index contributed by atoms with van der Waals surface area (Å²) < 4.78 is 1.84. The number of aromatic nitrogens is 4. The number of hydrogen-bond donors (Lipinski definition) is 1. The van der Waals surface area contributed by atoms with E-state index >= 15 is 0 Å². The van der Waals surface area contributed by atoms with Crippen LogP contribution in [-0.2, 0) is 7.05 Å². The highest BCUT2D eigenvalue weighted by Gasteiger charge is 2.23. The predicted molar refractivity (Wildman–Crippen MR) is 86.0 cm³/mol. The summed E-state index contributed by atoms with van der Waals surface area (Å²) in [7, 11) is 1.86. The molecule has 116 valence electrons. The number of halogens is 1. The molecule has 1 N–H and O–H groups in total. The molecule has 0 spiro atoms. The van der Waals surface area contributed by atoms with E-state index in [1.54, 1.807) is 12.3 Å². The van der Waals surface area contributed by atoms with Crippen molar-refractivity contribution in [1.82, 2.24) is 24.8 Å². The molecule has 0 aliphatic carbocycles. The number of nitrogens with zero attached hydrogens (tertiary/aromatic N) is 4. The highest BCUT2D eigenvalue weighted by atomic mass is 35.5. The third-order valence-corrected chi connectivity index (χ3v) is 3.75. The smallest absolute Gasteiger partial charge is 0.272 e. The summed E-state index contributed by atoms with van der Waals surface area (Å²) in [6.45, 7) is 0. The van der Waals surface area contributed by atoms with Crippen molar-refractivity contribution in [3.63, 3.8) is 0 Å². The summed E-state index contributed by atoms with van der Waals surface area (Å²) >= 11 is 6.30. The van der Waals surface area contributed by atoms with Gasteiger partial charge in [-0.2, -0.15) is 0 Å². The first-order chi connectivity index (χ1) is 11.2. The van der Waals surface area contributed by atoms with Crippen LogP contribution in [0.25, 0.3) is 0 Å². The van der Waals surface area contributed by atoms with E-state index in [9.17, 15) is 4.79 Å². The zero-order valence-corrected chi connectivity index (χ0v) is 13.1. The molecule has 1 aromatic carbocycles. The van der Waals surface area contributed by atoms with Gasteiger partial charge in [-0.05, 0) is 6.07 Å². The number of hydrogen-bond acceptors (Lipinski definition) is 4. The Morgan fingerprint density at radius 2 is 2.04 bits per heavy atom.